The summed E-state index contributed by atoms with van der Waals surface area (Å²) in [4.78, 5) is 4.11. The number of oxime groups is 1. The molecule has 2 rings (SSSR count). The number of para-hydroxylation sites is 1. The van der Waals surface area contributed by atoms with Crippen LogP contribution in [0, 0.1) is 0 Å². The van der Waals surface area contributed by atoms with Gasteiger partial charge >= 0.3 is 0 Å². The van der Waals surface area contributed by atoms with Crippen LogP contribution in [0.15, 0.2) is 72.6 Å². The first-order valence-corrected chi connectivity index (χ1v) is 5.81. The summed E-state index contributed by atoms with van der Waals surface area (Å²) in [6.45, 7) is 6.20. The average Bonchev–Trinajstić information content (AvgIpc) is 2.44. The fraction of sp³-hybridized carbons (Fsp3) is 0.118. The van der Waals surface area contributed by atoms with Crippen LogP contribution >= 0.6 is 0 Å². The van der Waals surface area contributed by atoms with Crippen LogP contribution < -0.4 is 0 Å². The zero-order valence-corrected chi connectivity index (χ0v) is 10.7. The first-order chi connectivity index (χ1) is 9.27. The maximum Gasteiger partial charge on any atom is 0.119 e. The van der Waals surface area contributed by atoms with Crippen molar-refractivity contribution >= 4 is 6.72 Å². The number of hydrogen-bond donors (Lipinski definition) is 1. The second kappa shape index (κ2) is 10.4. The number of phenols is 1. The van der Waals surface area contributed by atoms with Crippen LogP contribution in [0.4, 0.5) is 0 Å². The Labute approximate surface area is 120 Å². The molecule has 0 spiro atoms. The Morgan fingerprint density at radius 3 is 2.15 bits per heavy atom. The summed E-state index contributed by atoms with van der Waals surface area (Å²) in [5, 5.41) is 12.6. The Morgan fingerprint density at radius 2 is 1.65 bits per heavy atom. The summed E-state index contributed by atoms with van der Waals surface area (Å²) in [6.07, 6.45) is 1.99. The lowest BCUT2D eigenvalue weighted by atomic mass is 10.0. The molecule has 3 heteroatoms. The Balaban J connectivity index is 0.000000526. The van der Waals surface area contributed by atoms with Gasteiger partial charge in [0.25, 0.3) is 0 Å². The number of nitrogens with zero attached hydrogens (tertiary/aromatic N) is 1. The first-order valence-electron chi connectivity index (χ1n) is 5.81. The highest BCUT2D eigenvalue weighted by Crippen LogP contribution is 2.19. The highest BCUT2D eigenvalue weighted by molar-refractivity contribution is 5.36. The lowest BCUT2D eigenvalue weighted by Crippen LogP contribution is -1.87. The molecule has 20 heavy (non-hydrogen) atoms. The van der Waals surface area contributed by atoms with Crippen LogP contribution in [0.3, 0.4) is 0 Å². The maximum absolute atomic E-state index is 9.57. The highest BCUT2D eigenvalue weighted by Gasteiger charge is 1.99. The van der Waals surface area contributed by atoms with Crippen molar-refractivity contribution in [2.75, 3.05) is 0 Å². The lowest BCUT2D eigenvalue weighted by Gasteiger charge is -2.03. The van der Waals surface area contributed by atoms with Gasteiger partial charge in [0.1, 0.15) is 12.0 Å². The summed E-state index contributed by atoms with van der Waals surface area (Å²) in [6, 6.07) is 17.6. The molecule has 0 heterocycles. The molecule has 0 bridgehead atoms. The molecule has 0 radical (unpaired) electrons. The molecule has 0 aromatic heterocycles. The molecule has 0 aliphatic heterocycles. The number of benzene rings is 2. The fourth-order valence-corrected chi connectivity index (χ4v) is 1.53. The summed E-state index contributed by atoms with van der Waals surface area (Å²) in [5.74, 6) is 0.372. The number of rotatable bonds is 4. The third kappa shape index (κ3) is 6.40. The molecule has 1 N–H and O–H groups in total. The van der Waals surface area contributed by atoms with Crippen LogP contribution in [0.1, 0.15) is 18.6 Å². The molecule has 0 atom stereocenters. The standard InChI is InChI=1S/C13H12O.C3H5NO.CH4/c14-13-9-5-4-8-12(13)10-11-6-2-1-3-7-11;1-3-5-4-2;/h1-9,14H,10H2;3H,1-2H2;1H4. The van der Waals surface area contributed by atoms with Crippen molar-refractivity contribution in [1.82, 2.24) is 0 Å². The second-order valence-electron chi connectivity index (χ2n) is 3.69. The minimum Gasteiger partial charge on any atom is -0.508 e. The predicted octanol–water partition coefficient (Wildman–Crippen LogP) is 4.38. The minimum absolute atomic E-state index is 0. The number of hydrogen-bond acceptors (Lipinski definition) is 3. The van der Waals surface area contributed by atoms with Crippen molar-refractivity contribution < 1.29 is 9.94 Å². The first kappa shape index (κ1) is 17.5. The van der Waals surface area contributed by atoms with E-state index in [9.17, 15) is 5.11 Å². The van der Waals surface area contributed by atoms with Crippen LogP contribution in [-0.4, -0.2) is 11.8 Å². The molecular weight excluding hydrogens is 250 g/mol. The number of phenolic OH excluding ortho intramolecular Hbond substituents is 1. The molecule has 0 unspecified atom stereocenters. The zero-order chi connectivity index (χ0) is 13.9. The summed E-state index contributed by atoms with van der Waals surface area (Å²) < 4.78 is 0. The summed E-state index contributed by atoms with van der Waals surface area (Å²) in [5.41, 5.74) is 2.19. The van der Waals surface area contributed by atoms with Crippen LogP contribution in [0.25, 0.3) is 0 Å². The van der Waals surface area contributed by atoms with E-state index >= 15 is 0 Å². The van der Waals surface area contributed by atoms with Gasteiger partial charge in [0.05, 0.1) is 0 Å². The Hall–Kier alpha value is -2.55. The molecule has 0 amide bonds. The third-order valence-corrected chi connectivity index (χ3v) is 2.38. The number of aromatic hydroxyl groups is 1. The molecule has 0 fully saturated rings. The van der Waals surface area contributed by atoms with Crippen molar-refractivity contribution in [2.24, 2.45) is 5.16 Å². The molecule has 2 aromatic rings. The van der Waals surface area contributed by atoms with Gasteiger partial charge in [-0.15, -0.1) is 0 Å². The van der Waals surface area contributed by atoms with Gasteiger partial charge in [-0.25, -0.2) is 0 Å². The molecule has 3 nitrogen and oxygen atoms in total. The molecule has 0 saturated heterocycles. The van der Waals surface area contributed by atoms with Crippen molar-refractivity contribution in [3.8, 4) is 5.75 Å². The predicted molar refractivity (Wildman–Crippen MR) is 84.9 cm³/mol. The van der Waals surface area contributed by atoms with E-state index in [0.29, 0.717) is 5.75 Å². The van der Waals surface area contributed by atoms with Gasteiger partial charge in [-0.1, -0.05) is 67.7 Å². The third-order valence-electron chi connectivity index (χ3n) is 2.38. The van der Waals surface area contributed by atoms with Gasteiger partial charge in [0.15, 0.2) is 0 Å². The van der Waals surface area contributed by atoms with Crippen LogP contribution in [0.5, 0.6) is 5.75 Å². The van der Waals surface area contributed by atoms with Gasteiger partial charge in [-0.05, 0) is 17.2 Å². The van der Waals surface area contributed by atoms with E-state index in [0.717, 1.165) is 12.0 Å². The van der Waals surface area contributed by atoms with Crippen LogP contribution in [0.2, 0.25) is 0 Å². The molecular formula is C17H21NO2. The Kier molecular flexibility index (Phi) is 9.06. The van der Waals surface area contributed by atoms with E-state index in [2.05, 4.69) is 35.4 Å². The van der Waals surface area contributed by atoms with Gasteiger partial charge < -0.3 is 9.94 Å². The fourth-order valence-electron chi connectivity index (χ4n) is 1.53. The van der Waals surface area contributed by atoms with E-state index in [-0.39, 0.29) is 7.43 Å². The summed E-state index contributed by atoms with van der Waals surface area (Å²) >= 11 is 0. The zero-order valence-electron chi connectivity index (χ0n) is 10.7. The quantitative estimate of drug-likeness (QED) is 0.509. The van der Waals surface area contributed by atoms with Gasteiger partial charge in [-0.2, -0.15) is 0 Å². The van der Waals surface area contributed by atoms with E-state index in [1.54, 1.807) is 6.07 Å². The lowest BCUT2D eigenvalue weighted by molar-refractivity contribution is 0.273. The Bertz CT molecular complexity index is 503. The topological polar surface area (TPSA) is 41.8 Å². The van der Waals surface area contributed by atoms with Gasteiger partial charge in [-0.3, -0.25) is 0 Å². The van der Waals surface area contributed by atoms with Gasteiger partial charge in [0.2, 0.25) is 0 Å². The van der Waals surface area contributed by atoms with Crippen molar-refractivity contribution in [2.45, 2.75) is 13.8 Å². The van der Waals surface area contributed by atoms with E-state index in [1.165, 1.54) is 11.8 Å². The van der Waals surface area contributed by atoms with Crippen LogP contribution in [-0.2, 0) is 11.3 Å². The summed E-state index contributed by atoms with van der Waals surface area (Å²) in [7, 11) is 0. The minimum atomic E-state index is 0. The van der Waals surface area contributed by atoms with Crippen molar-refractivity contribution in [1.29, 1.82) is 0 Å². The Morgan fingerprint density at radius 1 is 1.05 bits per heavy atom. The monoisotopic (exact) mass is 271 g/mol. The molecule has 106 valence electrons. The van der Waals surface area contributed by atoms with Crippen molar-refractivity contribution in [3.05, 3.63) is 78.6 Å². The largest absolute Gasteiger partial charge is 0.508 e. The molecule has 0 saturated carbocycles. The van der Waals surface area contributed by atoms with E-state index in [4.69, 9.17) is 0 Å². The van der Waals surface area contributed by atoms with E-state index in [1.807, 2.05) is 36.4 Å². The average molecular weight is 271 g/mol. The second-order valence-corrected chi connectivity index (χ2v) is 3.69. The molecule has 0 aliphatic carbocycles. The smallest absolute Gasteiger partial charge is 0.119 e. The molecule has 2 aromatic carbocycles. The van der Waals surface area contributed by atoms with E-state index < -0.39 is 0 Å². The van der Waals surface area contributed by atoms with Gasteiger partial charge in [0, 0.05) is 13.1 Å². The highest BCUT2D eigenvalue weighted by atomic mass is 16.6. The normalized spacial score (nSPS) is 8.40. The molecule has 0 aliphatic rings. The van der Waals surface area contributed by atoms with Crippen molar-refractivity contribution in [3.63, 3.8) is 0 Å². The maximum atomic E-state index is 9.57. The SMILES string of the molecule is C.C=CON=C.Oc1ccccc1Cc1ccccc1.